The smallest absolute Gasteiger partial charge is 0.448 e. The Bertz CT molecular complexity index is 1080. The fourth-order valence-corrected chi connectivity index (χ4v) is 3.85. The summed E-state index contributed by atoms with van der Waals surface area (Å²) in [6.45, 7) is 4.84. The van der Waals surface area contributed by atoms with Crippen molar-refractivity contribution in [3.63, 3.8) is 0 Å². The van der Waals surface area contributed by atoms with Gasteiger partial charge in [-0.1, -0.05) is 12.1 Å². The molecule has 0 aliphatic rings. The number of ether oxygens (including phenoxy) is 1. The summed E-state index contributed by atoms with van der Waals surface area (Å²) in [5.41, 5.74) is 1.31. The second kappa shape index (κ2) is 13.4. The van der Waals surface area contributed by atoms with E-state index in [1.165, 1.54) is 30.5 Å². The second-order valence-electron chi connectivity index (χ2n) is 7.08. The van der Waals surface area contributed by atoms with E-state index in [-0.39, 0.29) is 19.0 Å². The largest absolute Gasteiger partial charge is 0.482 e. The summed E-state index contributed by atoms with van der Waals surface area (Å²) >= 11 is 0. The van der Waals surface area contributed by atoms with E-state index >= 15 is 0 Å². The van der Waals surface area contributed by atoms with E-state index in [2.05, 4.69) is 15.6 Å². The quantitative estimate of drug-likeness (QED) is 0.152. The van der Waals surface area contributed by atoms with Gasteiger partial charge in [-0.05, 0) is 62.7 Å². The van der Waals surface area contributed by atoms with Gasteiger partial charge in [-0.2, -0.15) is 5.10 Å². The fourth-order valence-electron chi connectivity index (χ4n) is 2.79. The van der Waals surface area contributed by atoms with Crippen LogP contribution in [0.3, 0.4) is 0 Å². The monoisotopic (exact) mass is 505 g/mol. The maximum atomic E-state index is 12.6. The van der Waals surface area contributed by atoms with Gasteiger partial charge in [0, 0.05) is 11.1 Å². The predicted molar refractivity (Wildman–Crippen MR) is 129 cm³/mol. The van der Waals surface area contributed by atoms with Crippen LogP contribution in [0.15, 0.2) is 53.6 Å². The van der Waals surface area contributed by atoms with Crippen molar-refractivity contribution in [2.45, 2.75) is 26.8 Å². The molecule has 0 aliphatic carbocycles. The summed E-state index contributed by atoms with van der Waals surface area (Å²) in [5.74, 6) is -1.54. The standard InChI is InChI=1S/C23H28N3O8P/c1-4-33-35(31,34-5-2)26-24-14-17-6-8-19(9-7-17)23(30)25-16(3)22(29)18-10-12-20(13-11-18)32-15-21(27)28/h6-14,16H,4-5,15H2,1-3H3,(H,25,30)(H,26,31)(H,27,28)/t16-/m0/s1. The molecule has 2 rings (SSSR count). The zero-order chi connectivity index (χ0) is 25.8. The Labute approximate surface area is 203 Å². The van der Waals surface area contributed by atoms with Crippen LogP contribution in [0.1, 0.15) is 47.1 Å². The van der Waals surface area contributed by atoms with Crippen LogP contribution in [0.4, 0.5) is 0 Å². The van der Waals surface area contributed by atoms with Crippen LogP contribution in [0.25, 0.3) is 0 Å². The number of carboxylic acid groups (broad SMARTS) is 1. The van der Waals surface area contributed by atoms with Gasteiger partial charge in [0.1, 0.15) is 5.75 Å². The Balaban J connectivity index is 1.93. The molecule has 0 saturated heterocycles. The molecule has 35 heavy (non-hydrogen) atoms. The van der Waals surface area contributed by atoms with Crippen LogP contribution in [0.5, 0.6) is 5.75 Å². The molecule has 11 nitrogen and oxygen atoms in total. The van der Waals surface area contributed by atoms with Crippen molar-refractivity contribution in [1.82, 2.24) is 10.5 Å². The van der Waals surface area contributed by atoms with Crippen LogP contribution in [0, 0.1) is 0 Å². The van der Waals surface area contributed by atoms with Crippen molar-refractivity contribution in [3.8, 4) is 5.75 Å². The van der Waals surface area contributed by atoms with E-state index in [0.717, 1.165) is 0 Å². The molecule has 0 spiro atoms. The highest BCUT2D eigenvalue weighted by Crippen LogP contribution is 2.43. The van der Waals surface area contributed by atoms with Crippen molar-refractivity contribution in [2.75, 3.05) is 19.8 Å². The number of nitrogens with one attached hydrogen (secondary N) is 2. The molecule has 0 bridgehead atoms. The Kier molecular flexibility index (Phi) is 10.6. The van der Waals surface area contributed by atoms with Gasteiger partial charge in [0.05, 0.1) is 25.5 Å². The van der Waals surface area contributed by atoms with Crippen LogP contribution in [0.2, 0.25) is 0 Å². The number of Topliss-reactive ketones (excluding diaryl/α,β-unsaturated/α-hetero) is 1. The zero-order valence-electron chi connectivity index (χ0n) is 19.6. The highest BCUT2D eigenvalue weighted by molar-refractivity contribution is 7.51. The van der Waals surface area contributed by atoms with Crippen molar-refractivity contribution in [2.24, 2.45) is 5.10 Å². The predicted octanol–water partition coefficient (Wildman–Crippen LogP) is 3.26. The SMILES string of the molecule is CCOP(=O)(NN=Cc1ccc(C(=O)N[C@@H](C)C(=O)c2ccc(OCC(=O)O)cc2)cc1)OCC. The highest BCUT2D eigenvalue weighted by Gasteiger charge is 2.22. The van der Waals surface area contributed by atoms with Gasteiger partial charge in [0.15, 0.2) is 12.4 Å². The lowest BCUT2D eigenvalue weighted by atomic mass is 10.0. The first-order valence-corrected chi connectivity index (χ1v) is 12.3. The maximum Gasteiger partial charge on any atom is 0.448 e. The number of nitrogens with zero attached hydrogens (tertiary/aromatic N) is 1. The molecule has 1 amide bonds. The number of benzene rings is 2. The first-order valence-electron chi connectivity index (χ1n) is 10.8. The molecule has 0 heterocycles. The Morgan fingerprint density at radius 1 is 1.00 bits per heavy atom. The molecule has 1 atom stereocenters. The molecular formula is C23H28N3O8P. The average molecular weight is 505 g/mol. The number of rotatable bonds is 14. The van der Waals surface area contributed by atoms with Crippen molar-refractivity contribution < 1.29 is 37.8 Å². The lowest BCUT2D eigenvalue weighted by Gasteiger charge is -2.15. The maximum absolute atomic E-state index is 12.6. The Morgan fingerprint density at radius 3 is 2.11 bits per heavy atom. The lowest BCUT2D eigenvalue weighted by Crippen LogP contribution is -2.38. The molecule has 0 aliphatic heterocycles. The second-order valence-corrected chi connectivity index (χ2v) is 8.79. The number of hydrazone groups is 1. The van der Waals surface area contributed by atoms with Crippen LogP contribution < -0.4 is 15.2 Å². The minimum Gasteiger partial charge on any atom is -0.482 e. The van der Waals surface area contributed by atoms with Crippen molar-refractivity contribution >= 4 is 31.6 Å². The van der Waals surface area contributed by atoms with Crippen LogP contribution in [-0.4, -0.2) is 54.8 Å². The zero-order valence-corrected chi connectivity index (χ0v) is 20.5. The van der Waals surface area contributed by atoms with Gasteiger partial charge >= 0.3 is 13.7 Å². The molecule has 0 radical (unpaired) electrons. The van der Waals surface area contributed by atoms with Gasteiger partial charge in [-0.15, -0.1) is 0 Å². The molecule has 12 heteroatoms. The summed E-state index contributed by atoms with van der Waals surface area (Å²) in [4.78, 5) is 35.7. The summed E-state index contributed by atoms with van der Waals surface area (Å²) in [6, 6.07) is 11.6. The molecule has 0 fully saturated rings. The van der Waals surface area contributed by atoms with Crippen LogP contribution >= 0.6 is 7.75 Å². The number of amides is 1. The molecule has 3 N–H and O–H groups in total. The van der Waals surface area contributed by atoms with Crippen LogP contribution in [-0.2, 0) is 18.4 Å². The number of carbonyl (C=O) groups excluding carboxylic acids is 2. The molecule has 2 aromatic carbocycles. The fraction of sp³-hybridized carbons (Fsp3) is 0.304. The number of hydrogen-bond acceptors (Lipinski definition) is 8. The minimum atomic E-state index is -3.52. The third-order valence-electron chi connectivity index (χ3n) is 4.41. The van der Waals surface area contributed by atoms with E-state index < -0.39 is 32.3 Å². The third-order valence-corrected chi connectivity index (χ3v) is 5.96. The number of aliphatic carboxylic acids is 1. The molecule has 2 aromatic rings. The highest BCUT2D eigenvalue weighted by atomic mass is 31.2. The van der Waals surface area contributed by atoms with E-state index in [0.29, 0.717) is 22.4 Å². The van der Waals surface area contributed by atoms with E-state index in [4.69, 9.17) is 18.9 Å². The molecule has 0 unspecified atom stereocenters. The topological polar surface area (TPSA) is 153 Å². The number of carbonyl (C=O) groups is 3. The Morgan fingerprint density at radius 2 is 1.57 bits per heavy atom. The average Bonchev–Trinajstić information content (AvgIpc) is 2.83. The van der Waals surface area contributed by atoms with E-state index in [1.807, 2.05) is 0 Å². The molecule has 188 valence electrons. The van der Waals surface area contributed by atoms with Gasteiger partial charge < -0.3 is 15.2 Å². The number of ketones is 1. The Hall–Kier alpha value is -3.53. The summed E-state index contributed by atoms with van der Waals surface area (Å²) in [6.07, 6.45) is 1.41. The van der Waals surface area contributed by atoms with Crippen molar-refractivity contribution in [3.05, 3.63) is 65.2 Å². The summed E-state index contributed by atoms with van der Waals surface area (Å²) in [7, 11) is -3.52. The van der Waals surface area contributed by atoms with E-state index in [1.54, 1.807) is 45.0 Å². The van der Waals surface area contributed by atoms with Gasteiger partial charge in [-0.25, -0.2) is 14.6 Å². The molecular weight excluding hydrogens is 477 g/mol. The lowest BCUT2D eigenvalue weighted by molar-refractivity contribution is -0.139. The molecule has 0 aromatic heterocycles. The van der Waals surface area contributed by atoms with Crippen molar-refractivity contribution in [1.29, 1.82) is 0 Å². The first-order chi connectivity index (χ1) is 16.7. The minimum absolute atomic E-state index is 0.192. The van der Waals surface area contributed by atoms with Gasteiger partial charge in [0.2, 0.25) is 0 Å². The first kappa shape index (κ1) is 27.7. The summed E-state index contributed by atoms with van der Waals surface area (Å²) in [5, 5.41) is 17.6. The summed E-state index contributed by atoms with van der Waals surface area (Å²) < 4.78 is 27.5. The number of hydrogen-bond donors (Lipinski definition) is 3. The van der Waals surface area contributed by atoms with E-state index in [9.17, 15) is 18.9 Å². The van der Waals surface area contributed by atoms with Gasteiger partial charge in [0.25, 0.3) is 5.91 Å². The number of carboxylic acids is 1. The normalized spacial score (nSPS) is 12.2. The third kappa shape index (κ3) is 8.97. The van der Waals surface area contributed by atoms with Gasteiger partial charge in [-0.3, -0.25) is 18.6 Å². The molecule has 0 saturated carbocycles.